The summed E-state index contributed by atoms with van der Waals surface area (Å²) in [6.45, 7) is 9.13. The van der Waals surface area contributed by atoms with Crippen LogP contribution in [0, 0.1) is 24.0 Å². The number of aliphatic hydroxyl groups is 1. The Morgan fingerprint density at radius 2 is 1.64 bits per heavy atom. The first-order chi connectivity index (χ1) is 25.3. The number of hydrogen-bond acceptors (Lipinski definition) is 6. The van der Waals surface area contributed by atoms with E-state index in [9.17, 15) is 24.2 Å². The first-order valence-corrected chi connectivity index (χ1v) is 18.1. The van der Waals surface area contributed by atoms with Gasteiger partial charge in [-0.1, -0.05) is 30.3 Å². The number of nitrogens with zero attached hydrogens (tertiary/aromatic N) is 4. The fraction of sp³-hybridized carbons (Fsp3) is 0.366. The summed E-state index contributed by atoms with van der Waals surface area (Å²) in [7, 11) is 0. The molecule has 4 N–H and O–H groups in total. The molecule has 2 fully saturated rings. The fourth-order valence-corrected chi connectivity index (χ4v) is 7.70. The number of H-pyrrole nitrogens is 1. The molecule has 0 aliphatic carbocycles. The highest BCUT2D eigenvalue weighted by molar-refractivity contribution is 6.06. The predicted molar refractivity (Wildman–Crippen MR) is 200 cm³/mol. The maximum atomic E-state index is 15.1. The smallest absolute Gasteiger partial charge is 0.407 e. The average molecular weight is 723 g/mol. The normalized spacial score (nSPS) is 16.3. The Hall–Kier alpha value is -5.20. The standard InChI is InChI=1S/C41H44F2N6O4/c1-25-31(21-29(42)22-34(25)47-38(50)30-9-8-28(20-33(30)43)40(2,3)53)36-32-23-35(46-37(32)45-24-44-36)27-6-4-26(5-7-27)10-15-48-16-11-41(12-17-48)13-18-49(19-14-41)39(51)52/h4-9,20-24,53H,10-19H2,1-3H3,(H,47,50)(H,51,52)(H,44,45,46). The minimum absolute atomic E-state index is 0.180. The largest absolute Gasteiger partial charge is 0.465 e. The second-order valence-electron chi connectivity index (χ2n) is 15.1. The number of fused-ring (bicyclic) bond motifs is 1. The van der Waals surface area contributed by atoms with Crippen molar-refractivity contribution in [3.63, 3.8) is 0 Å². The summed E-state index contributed by atoms with van der Waals surface area (Å²) in [6, 6.07) is 16.8. The number of hydrogen-bond donors (Lipinski definition) is 4. The number of carboxylic acid groups (broad SMARTS) is 1. The molecule has 7 rings (SSSR count). The Labute approximate surface area is 306 Å². The van der Waals surface area contributed by atoms with E-state index in [1.807, 2.05) is 6.07 Å². The van der Waals surface area contributed by atoms with Crippen LogP contribution in [0.1, 0.15) is 66.6 Å². The van der Waals surface area contributed by atoms with Crippen LogP contribution in [0.25, 0.3) is 33.5 Å². The molecule has 0 atom stereocenters. The Kier molecular flexibility index (Phi) is 9.77. The number of nitrogens with one attached hydrogen (secondary N) is 2. The predicted octanol–water partition coefficient (Wildman–Crippen LogP) is 7.76. The average Bonchev–Trinajstić information content (AvgIpc) is 3.58. The third kappa shape index (κ3) is 7.65. The van der Waals surface area contributed by atoms with Crippen molar-refractivity contribution in [1.82, 2.24) is 24.8 Å². The minimum Gasteiger partial charge on any atom is -0.465 e. The lowest BCUT2D eigenvalue weighted by Gasteiger charge is -2.46. The van der Waals surface area contributed by atoms with Gasteiger partial charge in [0.1, 0.15) is 23.6 Å². The Bertz CT molecular complexity index is 2160. The Morgan fingerprint density at radius 3 is 2.30 bits per heavy atom. The summed E-state index contributed by atoms with van der Waals surface area (Å²) >= 11 is 0. The Morgan fingerprint density at radius 1 is 0.943 bits per heavy atom. The molecule has 10 nitrogen and oxygen atoms in total. The molecular weight excluding hydrogens is 678 g/mol. The zero-order chi connectivity index (χ0) is 37.5. The number of halogens is 2. The van der Waals surface area contributed by atoms with E-state index in [0.29, 0.717) is 46.5 Å². The number of anilines is 1. The van der Waals surface area contributed by atoms with E-state index in [-0.39, 0.29) is 16.7 Å². The molecule has 12 heteroatoms. The van der Waals surface area contributed by atoms with Crippen LogP contribution in [0.2, 0.25) is 0 Å². The molecule has 2 amide bonds. The van der Waals surface area contributed by atoms with Crippen LogP contribution in [0.15, 0.2) is 67.0 Å². The highest BCUT2D eigenvalue weighted by Gasteiger charge is 2.38. The molecule has 3 aromatic carbocycles. The van der Waals surface area contributed by atoms with Gasteiger partial charge in [0.15, 0.2) is 0 Å². The molecule has 5 aromatic rings. The molecule has 276 valence electrons. The van der Waals surface area contributed by atoms with Gasteiger partial charge >= 0.3 is 6.09 Å². The molecular formula is C41H44F2N6O4. The summed E-state index contributed by atoms with van der Waals surface area (Å²) in [5.41, 5.74) is 4.38. The van der Waals surface area contributed by atoms with Crippen molar-refractivity contribution in [2.45, 2.75) is 58.5 Å². The monoisotopic (exact) mass is 722 g/mol. The van der Waals surface area contributed by atoms with Gasteiger partial charge in [-0.05, 0) is 124 Å². The number of carbonyl (C=O) groups excluding carboxylic acids is 1. The lowest BCUT2D eigenvalue weighted by atomic mass is 9.71. The molecule has 0 unspecified atom stereocenters. The topological polar surface area (TPSA) is 135 Å². The second kappa shape index (κ2) is 14.3. The van der Waals surface area contributed by atoms with Crippen molar-refractivity contribution in [3.05, 3.63) is 101 Å². The Balaban J connectivity index is 1.03. The van der Waals surface area contributed by atoms with Gasteiger partial charge in [-0.3, -0.25) is 4.79 Å². The van der Waals surface area contributed by atoms with E-state index < -0.39 is 29.2 Å². The van der Waals surface area contributed by atoms with Crippen LogP contribution in [-0.2, 0) is 12.0 Å². The number of aromatic amines is 1. The van der Waals surface area contributed by atoms with Gasteiger partial charge in [-0.2, -0.15) is 0 Å². The molecule has 0 radical (unpaired) electrons. The maximum absolute atomic E-state index is 15.1. The van der Waals surface area contributed by atoms with Crippen LogP contribution >= 0.6 is 0 Å². The van der Waals surface area contributed by atoms with Gasteiger partial charge in [-0.25, -0.2) is 23.5 Å². The van der Waals surface area contributed by atoms with Gasteiger partial charge in [0.25, 0.3) is 5.91 Å². The highest BCUT2D eigenvalue weighted by atomic mass is 19.1. The first-order valence-electron chi connectivity index (χ1n) is 18.1. The summed E-state index contributed by atoms with van der Waals surface area (Å²) in [6.07, 6.45) is 5.69. The lowest BCUT2D eigenvalue weighted by Crippen LogP contribution is -2.48. The van der Waals surface area contributed by atoms with Gasteiger partial charge in [0.2, 0.25) is 0 Å². The third-order valence-electron chi connectivity index (χ3n) is 11.2. The molecule has 0 bridgehead atoms. The number of piperidine rings is 2. The summed E-state index contributed by atoms with van der Waals surface area (Å²) < 4.78 is 30.0. The van der Waals surface area contributed by atoms with Crippen molar-refractivity contribution in [3.8, 4) is 22.5 Å². The van der Waals surface area contributed by atoms with Gasteiger partial charge in [0.05, 0.1) is 16.9 Å². The van der Waals surface area contributed by atoms with Crippen LogP contribution < -0.4 is 5.32 Å². The van der Waals surface area contributed by atoms with Crippen molar-refractivity contribution >= 4 is 28.7 Å². The lowest BCUT2D eigenvalue weighted by molar-refractivity contribution is 0.0368. The summed E-state index contributed by atoms with van der Waals surface area (Å²) in [5.74, 6) is -2.14. The summed E-state index contributed by atoms with van der Waals surface area (Å²) in [5, 5.41) is 22.8. The molecule has 2 aromatic heterocycles. The molecule has 2 saturated heterocycles. The molecule has 2 aliphatic rings. The van der Waals surface area contributed by atoms with Crippen LogP contribution in [-0.4, -0.2) is 79.7 Å². The molecule has 1 spiro atoms. The van der Waals surface area contributed by atoms with Crippen LogP contribution in [0.5, 0.6) is 0 Å². The van der Waals surface area contributed by atoms with Gasteiger partial charge < -0.3 is 30.3 Å². The number of likely N-dealkylation sites (tertiary alicyclic amines) is 2. The second-order valence-corrected chi connectivity index (χ2v) is 15.1. The van der Waals surface area contributed by atoms with E-state index in [0.717, 1.165) is 69.1 Å². The third-order valence-corrected chi connectivity index (χ3v) is 11.2. The number of aromatic nitrogens is 3. The van der Waals surface area contributed by atoms with Crippen LogP contribution in [0.4, 0.5) is 19.3 Å². The summed E-state index contributed by atoms with van der Waals surface area (Å²) in [4.78, 5) is 40.8. The minimum atomic E-state index is -1.28. The number of rotatable bonds is 8. The quantitative estimate of drug-likeness (QED) is 0.129. The number of amides is 2. The van der Waals surface area contributed by atoms with Crippen molar-refractivity contribution < 1.29 is 28.6 Å². The zero-order valence-electron chi connectivity index (χ0n) is 30.2. The number of benzene rings is 3. The SMILES string of the molecule is Cc1c(NC(=O)c2ccc(C(C)(C)O)cc2F)cc(F)cc1-c1ncnc2[nH]c(-c3ccc(CCN4CCC5(CC4)CCN(C(=O)O)CC5)cc3)cc12. The van der Waals surface area contributed by atoms with Crippen molar-refractivity contribution in [2.24, 2.45) is 5.41 Å². The fourth-order valence-electron chi connectivity index (χ4n) is 7.70. The van der Waals surface area contributed by atoms with Crippen molar-refractivity contribution in [2.75, 3.05) is 38.0 Å². The first kappa shape index (κ1) is 36.2. The molecule has 0 saturated carbocycles. The van der Waals surface area contributed by atoms with Gasteiger partial charge in [-0.15, -0.1) is 0 Å². The molecule has 53 heavy (non-hydrogen) atoms. The maximum Gasteiger partial charge on any atom is 0.407 e. The molecule has 2 aliphatic heterocycles. The van der Waals surface area contributed by atoms with E-state index in [1.54, 1.807) is 11.8 Å². The van der Waals surface area contributed by atoms with E-state index >= 15 is 4.39 Å². The van der Waals surface area contributed by atoms with Crippen LogP contribution in [0.3, 0.4) is 0 Å². The van der Waals surface area contributed by atoms with E-state index in [4.69, 9.17) is 0 Å². The molecule has 4 heterocycles. The van der Waals surface area contributed by atoms with E-state index in [2.05, 4.69) is 49.4 Å². The number of carbonyl (C=O) groups is 2. The van der Waals surface area contributed by atoms with E-state index in [1.165, 1.54) is 50.0 Å². The van der Waals surface area contributed by atoms with Crippen molar-refractivity contribution in [1.29, 1.82) is 0 Å². The highest BCUT2D eigenvalue weighted by Crippen LogP contribution is 2.41. The van der Waals surface area contributed by atoms with Gasteiger partial charge in [0, 0.05) is 42.0 Å². The zero-order valence-corrected chi connectivity index (χ0v) is 30.2.